The molecule has 1 saturated heterocycles. The molecule has 0 bridgehead atoms. The van der Waals surface area contributed by atoms with Crippen LogP contribution in [0.25, 0.3) is 5.57 Å². The van der Waals surface area contributed by atoms with Crippen LogP contribution in [0, 0.1) is 0 Å². The summed E-state index contributed by atoms with van der Waals surface area (Å²) in [5.41, 5.74) is 2.45. The van der Waals surface area contributed by atoms with Crippen LogP contribution in [-0.2, 0) is 4.79 Å². The molecule has 0 N–H and O–H groups in total. The maximum Gasteiger partial charge on any atom is 0.281 e. The third-order valence-electron chi connectivity index (χ3n) is 4.46. The average molecular weight is 346 g/mol. The molecule has 6 heteroatoms. The first-order valence-electron chi connectivity index (χ1n) is 8.20. The van der Waals surface area contributed by atoms with Crippen molar-refractivity contribution in [3.05, 3.63) is 35.9 Å². The van der Waals surface area contributed by atoms with Crippen LogP contribution in [0.2, 0.25) is 0 Å². The topological polar surface area (TPSA) is 49.9 Å². The number of carbonyl (C=O) groups is 2. The molecule has 24 heavy (non-hydrogen) atoms. The highest BCUT2D eigenvalue weighted by molar-refractivity contribution is 8.13. The standard InChI is InChI=1S/C18H22N2O3S/c1-23-16-4-2-14(3-5-16)15-6-9-19(10-7-15)17(21)8-11-20-12-13-24-18(20)22/h2-6H,7-13H2,1H3. The second kappa shape index (κ2) is 7.75. The lowest BCUT2D eigenvalue weighted by Crippen LogP contribution is -2.37. The van der Waals surface area contributed by atoms with Gasteiger partial charge in [0.25, 0.3) is 5.24 Å². The average Bonchev–Trinajstić information content (AvgIpc) is 3.05. The van der Waals surface area contributed by atoms with E-state index < -0.39 is 0 Å². The van der Waals surface area contributed by atoms with Gasteiger partial charge >= 0.3 is 0 Å². The molecule has 0 atom stereocenters. The molecule has 2 aliphatic rings. The molecule has 0 saturated carbocycles. The van der Waals surface area contributed by atoms with E-state index in [1.54, 1.807) is 12.0 Å². The Morgan fingerprint density at radius 2 is 2.04 bits per heavy atom. The Hall–Kier alpha value is -1.95. The van der Waals surface area contributed by atoms with Crippen molar-refractivity contribution in [3.8, 4) is 5.75 Å². The van der Waals surface area contributed by atoms with E-state index in [1.807, 2.05) is 17.0 Å². The van der Waals surface area contributed by atoms with Crippen LogP contribution < -0.4 is 4.74 Å². The van der Waals surface area contributed by atoms with Crippen molar-refractivity contribution in [1.29, 1.82) is 0 Å². The van der Waals surface area contributed by atoms with Crippen LogP contribution in [-0.4, -0.2) is 60.0 Å². The monoisotopic (exact) mass is 346 g/mol. The molecule has 0 spiro atoms. The molecular formula is C18H22N2O3S. The number of hydrogen-bond acceptors (Lipinski definition) is 4. The first kappa shape index (κ1) is 16.9. The smallest absolute Gasteiger partial charge is 0.281 e. The predicted molar refractivity (Wildman–Crippen MR) is 96.2 cm³/mol. The fourth-order valence-electron chi connectivity index (χ4n) is 2.98. The van der Waals surface area contributed by atoms with Crippen LogP contribution in [0.15, 0.2) is 30.3 Å². The SMILES string of the molecule is COc1ccc(C2=CCN(C(=O)CCN3CCSC3=O)CC2)cc1. The van der Waals surface area contributed by atoms with Crippen molar-refractivity contribution >= 4 is 28.5 Å². The number of hydrogen-bond donors (Lipinski definition) is 0. The summed E-state index contributed by atoms with van der Waals surface area (Å²) < 4.78 is 5.18. The van der Waals surface area contributed by atoms with Gasteiger partial charge in [-0.15, -0.1) is 0 Å². The molecule has 1 aromatic carbocycles. The summed E-state index contributed by atoms with van der Waals surface area (Å²) in [6, 6.07) is 8.02. The molecular weight excluding hydrogens is 324 g/mol. The van der Waals surface area contributed by atoms with Crippen molar-refractivity contribution in [2.75, 3.05) is 39.0 Å². The van der Waals surface area contributed by atoms with Crippen molar-refractivity contribution in [2.24, 2.45) is 0 Å². The Balaban J connectivity index is 1.52. The van der Waals surface area contributed by atoms with Gasteiger partial charge in [0, 0.05) is 38.4 Å². The molecule has 0 unspecified atom stereocenters. The highest BCUT2D eigenvalue weighted by Crippen LogP contribution is 2.25. The summed E-state index contributed by atoms with van der Waals surface area (Å²) in [7, 11) is 1.66. The third kappa shape index (κ3) is 3.93. The van der Waals surface area contributed by atoms with Crippen LogP contribution >= 0.6 is 11.8 Å². The van der Waals surface area contributed by atoms with Gasteiger partial charge in [0.1, 0.15) is 5.75 Å². The Labute approximate surface area is 146 Å². The number of ether oxygens (including phenoxy) is 1. The molecule has 2 amide bonds. The van der Waals surface area contributed by atoms with E-state index in [0.29, 0.717) is 19.5 Å². The maximum absolute atomic E-state index is 12.3. The number of benzene rings is 1. The van der Waals surface area contributed by atoms with E-state index in [-0.39, 0.29) is 11.1 Å². The Bertz CT molecular complexity index is 642. The quantitative estimate of drug-likeness (QED) is 0.823. The lowest BCUT2D eigenvalue weighted by atomic mass is 9.99. The van der Waals surface area contributed by atoms with Gasteiger partial charge < -0.3 is 14.5 Å². The molecule has 0 radical (unpaired) electrons. The molecule has 128 valence electrons. The van der Waals surface area contributed by atoms with E-state index in [2.05, 4.69) is 18.2 Å². The number of methoxy groups -OCH3 is 1. The second-order valence-corrected chi connectivity index (χ2v) is 6.95. The summed E-state index contributed by atoms with van der Waals surface area (Å²) in [6.07, 6.45) is 3.40. The molecule has 2 heterocycles. The molecule has 0 aromatic heterocycles. The van der Waals surface area contributed by atoms with Crippen molar-refractivity contribution in [1.82, 2.24) is 9.80 Å². The zero-order chi connectivity index (χ0) is 16.9. The minimum absolute atomic E-state index is 0.100. The van der Waals surface area contributed by atoms with Gasteiger partial charge in [-0.05, 0) is 29.7 Å². The van der Waals surface area contributed by atoms with Crippen molar-refractivity contribution < 1.29 is 14.3 Å². The number of nitrogens with zero attached hydrogens (tertiary/aromatic N) is 2. The van der Waals surface area contributed by atoms with Gasteiger partial charge in [-0.2, -0.15) is 0 Å². The number of carbonyl (C=O) groups excluding carboxylic acids is 2. The lowest BCUT2D eigenvalue weighted by molar-refractivity contribution is -0.130. The number of amides is 2. The Morgan fingerprint density at radius 1 is 1.25 bits per heavy atom. The first-order valence-corrected chi connectivity index (χ1v) is 9.19. The molecule has 3 rings (SSSR count). The molecule has 1 aromatic rings. The largest absolute Gasteiger partial charge is 0.497 e. The molecule has 1 fully saturated rings. The van der Waals surface area contributed by atoms with E-state index in [9.17, 15) is 9.59 Å². The summed E-state index contributed by atoms with van der Waals surface area (Å²) in [4.78, 5) is 27.5. The summed E-state index contributed by atoms with van der Waals surface area (Å²) in [5.74, 6) is 1.82. The first-order chi connectivity index (χ1) is 11.7. The molecule has 5 nitrogen and oxygen atoms in total. The third-order valence-corrected chi connectivity index (χ3v) is 5.36. The summed E-state index contributed by atoms with van der Waals surface area (Å²) >= 11 is 1.34. The summed E-state index contributed by atoms with van der Waals surface area (Å²) in [6.45, 7) is 2.68. The highest BCUT2D eigenvalue weighted by atomic mass is 32.2. The fourth-order valence-corrected chi connectivity index (χ4v) is 3.83. The van der Waals surface area contributed by atoms with Gasteiger partial charge in [0.2, 0.25) is 5.91 Å². The van der Waals surface area contributed by atoms with Crippen LogP contribution in [0.5, 0.6) is 5.75 Å². The van der Waals surface area contributed by atoms with Crippen molar-refractivity contribution in [2.45, 2.75) is 12.8 Å². The minimum atomic E-state index is 0.100. The minimum Gasteiger partial charge on any atom is -0.497 e. The normalized spacial score (nSPS) is 17.9. The molecule has 0 aliphatic carbocycles. The predicted octanol–water partition coefficient (Wildman–Crippen LogP) is 2.87. The van der Waals surface area contributed by atoms with Crippen LogP contribution in [0.4, 0.5) is 4.79 Å². The zero-order valence-corrected chi connectivity index (χ0v) is 14.7. The van der Waals surface area contributed by atoms with Gasteiger partial charge in [0.15, 0.2) is 0 Å². The van der Waals surface area contributed by atoms with Crippen LogP contribution in [0.1, 0.15) is 18.4 Å². The van der Waals surface area contributed by atoms with Gasteiger partial charge in [-0.1, -0.05) is 30.0 Å². The molecule has 2 aliphatic heterocycles. The van der Waals surface area contributed by atoms with E-state index in [0.717, 1.165) is 31.0 Å². The Morgan fingerprint density at radius 3 is 2.62 bits per heavy atom. The fraction of sp³-hybridized carbons (Fsp3) is 0.444. The van der Waals surface area contributed by atoms with Gasteiger partial charge in [0.05, 0.1) is 7.11 Å². The van der Waals surface area contributed by atoms with Gasteiger partial charge in [-0.25, -0.2) is 0 Å². The Kier molecular flexibility index (Phi) is 5.45. The number of thioether (sulfide) groups is 1. The lowest BCUT2D eigenvalue weighted by Gasteiger charge is -2.27. The van der Waals surface area contributed by atoms with Gasteiger partial charge in [-0.3, -0.25) is 9.59 Å². The number of rotatable bonds is 5. The zero-order valence-electron chi connectivity index (χ0n) is 13.9. The second-order valence-electron chi connectivity index (χ2n) is 5.90. The van der Waals surface area contributed by atoms with E-state index >= 15 is 0 Å². The van der Waals surface area contributed by atoms with Crippen molar-refractivity contribution in [3.63, 3.8) is 0 Å². The maximum atomic E-state index is 12.3. The van der Waals surface area contributed by atoms with E-state index in [4.69, 9.17) is 4.74 Å². The van der Waals surface area contributed by atoms with Crippen LogP contribution in [0.3, 0.4) is 0 Å². The summed E-state index contributed by atoms with van der Waals surface area (Å²) in [5, 5.41) is 0.100. The highest BCUT2D eigenvalue weighted by Gasteiger charge is 2.23. The van der Waals surface area contributed by atoms with E-state index in [1.165, 1.54) is 22.9 Å².